The van der Waals surface area contributed by atoms with Gasteiger partial charge in [0.05, 0.1) is 0 Å². The van der Waals surface area contributed by atoms with Crippen LogP contribution in [0, 0.1) is 13.8 Å². The molecule has 0 radical (unpaired) electrons. The first kappa shape index (κ1) is 12.0. The van der Waals surface area contributed by atoms with Gasteiger partial charge >= 0.3 is 0 Å². The minimum Gasteiger partial charge on any atom is -0.261 e. The zero-order valence-corrected chi connectivity index (χ0v) is 11.6. The molecule has 2 aromatic heterocycles. The van der Waals surface area contributed by atoms with E-state index in [1.807, 2.05) is 25.3 Å². The van der Waals surface area contributed by atoms with Crippen molar-refractivity contribution in [3.05, 3.63) is 53.9 Å². The lowest BCUT2D eigenvalue weighted by molar-refractivity contribution is 1.09. The molecule has 3 aromatic rings. The van der Waals surface area contributed by atoms with Gasteiger partial charge in [-0.2, -0.15) is 0 Å². The SMILES string of the molecule is Cc1ccc(-c2nnc(-c3ccc(C)nc3)s2)cc1. The second-order valence-corrected chi connectivity index (χ2v) is 5.44. The van der Waals surface area contributed by atoms with E-state index in [1.54, 1.807) is 11.3 Å². The summed E-state index contributed by atoms with van der Waals surface area (Å²) < 4.78 is 0. The Labute approximate surface area is 116 Å². The monoisotopic (exact) mass is 267 g/mol. The average Bonchev–Trinajstić information content (AvgIpc) is 2.90. The predicted molar refractivity (Wildman–Crippen MR) is 78.1 cm³/mol. The minimum absolute atomic E-state index is 0.906. The van der Waals surface area contributed by atoms with Crippen molar-refractivity contribution in [2.75, 3.05) is 0 Å². The van der Waals surface area contributed by atoms with Gasteiger partial charge in [0.2, 0.25) is 0 Å². The van der Waals surface area contributed by atoms with E-state index in [1.165, 1.54) is 5.56 Å². The van der Waals surface area contributed by atoms with Crippen LogP contribution in [0.1, 0.15) is 11.3 Å². The summed E-state index contributed by atoms with van der Waals surface area (Å²) >= 11 is 1.59. The number of pyridine rings is 1. The molecule has 19 heavy (non-hydrogen) atoms. The summed E-state index contributed by atoms with van der Waals surface area (Å²) in [5, 5.41) is 10.3. The molecule has 3 rings (SSSR count). The van der Waals surface area contributed by atoms with Gasteiger partial charge in [-0.25, -0.2) is 0 Å². The molecule has 0 saturated carbocycles. The quantitative estimate of drug-likeness (QED) is 0.707. The average molecular weight is 267 g/mol. The Hall–Kier alpha value is -2.07. The van der Waals surface area contributed by atoms with Crippen LogP contribution in [-0.4, -0.2) is 15.2 Å². The van der Waals surface area contributed by atoms with Crippen molar-refractivity contribution in [3.8, 4) is 21.1 Å². The van der Waals surface area contributed by atoms with Crippen molar-refractivity contribution in [3.63, 3.8) is 0 Å². The van der Waals surface area contributed by atoms with E-state index >= 15 is 0 Å². The van der Waals surface area contributed by atoms with Crippen LogP contribution in [0.3, 0.4) is 0 Å². The van der Waals surface area contributed by atoms with Crippen LogP contribution in [0.15, 0.2) is 42.6 Å². The van der Waals surface area contributed by atoms with E-state index in [-0.39, 0.29) is 0 Å². The lowest BCUT2D eigenvalue weighted by Crippen LogP contribution is -1.81. The molecule has 0 spiro atoms. The summed E-state index contributed by atoms with van der Waals surface area (Å²) in [5.41, 5.74) is 4.37. The first-order valence-corrected chi connectivity index (χ1v) is 6.87. The smallest absolute Gasteiger partial charge is 0.149 e. The number of aryl methyl sites for hydroxylation is 2. The van der Waals surface area contributed by atoms with Gasteiger partial charge in [-0.1, -0.05) is 41.2 Å². The fraction of sp³-hybridized carbons (Fsp3) is 0.133. The molecule has 0 aliphatic heterocycles. The number of benzene rings is 1. The summed E-state index contributed by atoms with van der Waals surface area (Å²) in [6.07, 6.45) is 1.84. The standard InChI is InChI=1S/C15H13N3S/c1-10-3-6-12(7-4-10)14-17-18-15(19-14)13-8-5-11(2)16-9-13/h3-9H,1-2H3. The Bertz CT molecular complexity index is 624. The molecule has 0 bridgehead atoms. The van der Waals surface area contributed by atoms with Crippen LogP contribution in [0.25, 0.3) is 21.1 Å². The lowest BCUT2D eigenvalue weighted by atomic mass is 10.2. The highest BCUT2D eigenvalue weighted by molar-refractivity contribution is 7.17. The Kier molecular flexibility index (Phi) is 3.09. The normalized spacial score (nSPS) is 10.6. The Morgan fingerprint density at radius 2 is 1.42 bits per heavy atom. The van der Waals surface area contributed by atoms with Gasteiger partial charge in [0.25, 0.3) is 0 Å². The van der Waals surface area contributed by atoms with Crippen molar-refractivity contribution in [1.82, 2.24) is 15.2 Å². The number of rotatable bonds is 2. The maximum absolute atomic E-state index is 4.29. The molecule has 3 nitrogen and oxygen atoms in total. The third-order valence-electron chi connectivity index (χ3n) is 2.88. The first-order valence-electron chi connectivity index (χ1n) is 6.06. The molecular weight excluding hydrogens is 254 g/mol. The largest absolute Gasteiger partial charge is 0.261 e. The second kappa shape index (κ2) is 4.90. The van der Waals surface area contributed by atoms with Gasteiger partial charge in [-0.15, -0.1) is 10.2 Å². The van der Waals surface area contributed by atoms with Crippen LogP contribution in [-0.2, 0) is 0 Å². The van der Waals surface area contributed by atoms with Crippen molar-refractivity contribution < 1.29 is 0 Å². The van der Waals surface area contributed by atoms with Gasteiger partial charge in [0, 0.05) is 23.0 Å². The van der Waals surface area contributed by atoms with Crippen LogP contribution < -0.4 is 0 Å². The third-order valence-corrected chi connectivity index (χ3v) is 3.90. The van der Waals surface area contributed by atoms with Crippen molar-refractivity contribution in [2.45, 2.75) is 13.8 Å². The van der Waals surface area contributed by atoms with E-state index in [0.29, 0.717) is 0 Å². The Morgan fingerprint density at radius 1 is 0.789 bits per heavy atom. The Morgan fingerprint density at radius 3 is 2.05 bits per heavy atom. The van der Waals surface area contributed by atoms with Crippen molar-refractivity contribution >= 4 is 11.3 Å². The molecule has 2 heterocycles. The predicted octanol–water partition coefficient (Wildman–Crippen LogP) is 3.88. The molecule has 0 atom stereocenters. The highest BCUT2D eigenvalue weighted by atomic mass is 32.1. The fourth-order valence-corrected chi connectivity index (χ4v) is 2.59. The van der Waals surface area contributed by atoms with Crippen LogP contribution in [0.2, 0.25) is 0 Å². The van der Waals surface area contributed by atoms with E-state index < -0.39 is 0 Å². The van der Waals surface area contributed by atoms with Crippen LogP contribution >= 0.6 is 11.3 Å². The molecule has 1 aromatic carbocycles. The van der Waals surface area contributed by atoms with E-state index in [4.69, 9.17) is 0 Å². The van der Waals surface area contributed by atoms with Crippen LogP contribution in [0.5, 0.6) is 0 Å². The zero-order valence-electron chi connectivity index (χ0n) is 10.8. The summed E-state index contributed by atoms with van der Waals surface area (Å²) in [6.45, 7) is 4.05. The molecule has 4 heteroatoms. The van der Waals surface area contributed by atoms with Crippen molar-refractivity contribution in [2.24, 2.45) is 0 Å². The maximum atomic E-state index is 4.29. The highest BCUT2D eigenvalue weighted by Gasteiger charge is 2.08. The second-order valence-electron chi connectivity index (χ2n) is 4.47. The van der Waals surface area contributed by atoms with E-state index in [9.17, 15) is 0 Å². The third kappa shape index (κ3) is 2.53. The van der Waals surface area contributed by atoms with Gasteiger partial charge in [-0.3, -0.25) is 4.98 Å². The lowest BCUT2D eigenvalue weighted by Gasteiger charge is -1.96. The number of hydrogen-bond donors (Lipinski definition) is 0. The van der Waals surface area contributed by atoms with Gasteiger partial charge in [-0.05, 0) is 26.0 Å². The maximum Gasteiger partial charge on any atom is 0.149 e. The summed E-state index contributed by atoms with van der Waals surface area (Å²) in [4.78, 5) is 4.29. The summed E-state index contributed by atoms with van der Waals surface area (Å²) in [5.74, 6) is 0. The molecule has 0 aliphatic carbocycles. The molecule has 0 fully saturated rings. The number of aromatic nitrogens is 3. The van der Waals surface area contributed by atoms with Crippen LogP contribution in [0.4, 0.5) is 0 Å². The van der Waals surface area contributed by atoms with Crippen molar-refractivity contribution in [1.29, 1.82) is 0 Å². The first-order chi connectivity index (χ1) is 9.22. The molecule has 0 aliphatic rings. The molecule has 0 unspecified atom stereocenters. The number of hydrogen-bond acceptors (Lipinski definition) is 4. The Balaban J connectivity index is 1.95. The van der Waals surface area contributed by atoms with Gasteiger partial charge in [0.1, 0.15) is 10.0 Å². The van der Waals surface area contributed by atoms with Gasteiger partial charge in [0.15, 0.2) is 0 Å². The molecule has 0 saturated heterocycles. The number of nitrogens with zero attached hydrogens (tertiary/aromatic N) is 3. The van der Waals surface area contributed by atoms with Gasteiger partial charge < -0.3 is 0 Å². The minimum atomic E-state index is 0.906. The fourth-order valence-electron chi connectivity index (χ4n) is 1.75. The van der Waals surface area contributed by atoms with E-state index in [2.05, 4.69) is 46.4 Å². The summed E-state index contributed by atoms with van der Waals surface area (Å²) in [6, 6.07) is 12.3. The highest BCUT2D eigenvalue weighted by Crippen LogP contribution is 2.29. The topological polar surface area (TPSA) is 38.7 Å². The molecule has 0 N–H and O–H groups in total. The van der Waals surface area contributed by atoms with E-state index in [0.717, 1.165) is 26.8 Å². The molecule has 94 valence electrons. The molecular formula is C15H13N3S. The molecule has 0 amide bonds. The summed E-state index contributed by atoms with van der Waals surface area (Å²) in [7, 11) is 0. The zero-order chi connectivity index (χ0) is 13.2.